The van der Waals surface area contributed by atoms with E-state index in [0.29, 0.717) is 35.4 Å². The summed E-state index contributed by atoms with van der Waals surface area (Å²) >= 11 is 6.01. The van der Waals surface area contributed by atoms with E-state index in [-0.39, 0.29) is 5.69 Å². The minimum atomic E-state index is -0.494. The van der Waals surface area contributed by atoms with E-state index in [0.717, 1.165) is 11.3 Å². The molecule has 3 aromatic rings. The van der Waals surface area contributed by atoms with Crippen molar-refractivity contribution in [3.05, 3.63) is 69.0 Å². The molecular formula is C20H20ClN3O3. The Labute approximate surface area is 161 Å². The van der Waals surface area contributed by atoms with Crippen LogP contribution in [0.1, 0.15) is 23.0 Å². The van der Waals surface area contributed by atoms with E-state index in [2.05, 4.69) is 10.4 Å². The van der Waals surface area contributed by atoms with Crippen molar-refractivity contribution in [2.24, 2.45) is 0 Å². The molecule has 1 heterocycles. The van der Waals surface area contributed by atoms with E-state index in [1.54, 1.807) is 30.0 Å². The predicted molar refractivity (Wildman–Crippen MR) is 106 cm³/mol. The summed E-state index contributed by atoms with van der Waals surface area (Å²) in [5, 5.41) is 7.83. The van der Waals surface area contributed by atoms with Crippen LogP contribution in [0.15, 0.2) is 47.3 Å². The second-order valence-corrected chi connectivity index (χ2v) is 6.45. The smallest absolute Gasteiger partial charge is 0.275 e. The topological polar surface area (TPSA) is 73.2 Å². The first kappa shape index (κ1) is 18.9. The molecule has 6 nitrogen and oxygen atoms in total. The SMILES string of the molecule is CCn1nc(C(=O)NCCc2cccc(OC)c2)c(=O)c2cc(Cl)ccc21. The summed E-state index contributed by atoms with van der Waals surface area (Å²) in [5.74, 6) is 0.268. The summed E-state index contributed by atoms with van der Waals surface area (Å²) in [7, 11) is 1.61. The fraction of sp³-hybridized carbons (Fsp3) is 0.250. The molecule has 0 fully saturated rings. The highest BCUT2D eigenvalue weighted by molar-refractivity contribution is 6.31. The zero-order valence-corrected chi connectivity index (χ0v) is 15.9. The normalized spacial score (nSPS) is 10.8. The first-order chi connectivity index (χ1) is 13.0. The summed E-state index contributed by atoms with van der Waals surface area (Å²) in [6.07, 6.45) is 0.615. The van der Waals surface area contributed by atoms with E-state index in [4.69, 9.17) is 16.3 Å². The van der Waals surface area contributed by atoms with Crippen molar-refractivity contribution in [3.63, 3.8) is 0 Å². The molecule has 0 aliphatic heterocycles. The quantitative estimate of drug-likeness (QED) is 0.707. The van der Waals surface area contributed by atoms with Crippen molar-refractivity contribution in [1.29, 1.82) is 0 Å². The lowest BCUT2D eigenvalue weighted by Crippen LogP contribution is -2.33. The molecule has 0 bridgehead atoms. The van der Waals surface area contributed by atoms with Gasteiger partial charge in [0.05, 0.1) is 18.0 Å². The molecule has 3 rings (SSSR count). The number of carbonyl (C=O) groups is 1. The van der Waals surface area contributed by atoms with Gasteiger partial charge in [-0.15, -0.1) is 0 Å². The molecule has 27 heavy (non-hydrogen) atoms. The van der Waals surface area contributed by atoms with Gasteiger partial charge in [0.25, 0.3) is 5.91 Å². The number of nitrogens with zero attached hydrogens (tertiary/aromatic N) is 2. The van der Waals surface area contributed by atoms with Gasteiger partial charge in [-0.05, 0) is 49.2 Å². The van der Waals surface area contributed by atoms with Gasteiger partial charge in [-0.25, -0.2) is 0 Å². The van der Waals surface area contributed by atoms with Gasteiger partial charge < -0.3 is 10.1 Å². The standard InChI is InChI=1S/C20H20ClN3O3/c1-3-24-17-8-7-14(21)12-16(17)19(25)18(23-24)20(26)22-10-9-13-5-4-6-15(11-13)27-2/h4-8,11-12H,3,9-10H2,1-2H3,(H,22,26). The van der Waals surface area contributed by atoms with E-state index in [9.17, 15) is 9.59 Å². The van der Waals surface area contributed by atoms with Crippen LogP contribution in [-0.4, -0.2) is 29.3 Å². The summed E-state index contributed by atoms with van der Waals surface area (Å²) in [4.78, 5) is 25.2. The molecule has 0 aliphatic rings. The molecule has 0 aliphatic carbocycles. The highest BCUT2D eigenvalue weighted by Gasteiger charge is 2.17. The second kappa shape index (κ2) is 8.22. The van der Waals surface area contributed by atoms with Crippen molar-refractivity contribution < 1.29 is 9.53 Å². The maximum absolute atomic E-state index is 12.7. The predicted octanol–water partition coefficient (Wildman–Crippen LogP) is 3.05. The molecule has 0 saturated carbocycles. The van der Waals surface area contributed by atoms with Crippen molar-refractivity contribution >= 4 is 28.4 Å². The number of aryl methyl sites for hydroxylation is 1. The number of rotatable bonds is 6. The average molecular weight is 386 g/mol. The molecule has 2 aromatic carbocycles. The summed E-state index contributed by atoms with van der Waals surface area (Å²) in [5.41, 5.74) is 1.13. The number of carbonyl (C=O) groups excluding carboxylic acids is 1. The largest absolute Gasteiger partial charge is 0.497 e. The molecule has 0 radical (unpaired) electrons. The molecule has 0 unspecified atom stereocenters. The average Bonchev–Trinajstić information content (AvgIpc) is 2.68. The van der Waals surface area contributed by atoms with Crippen molar-refractivity contribution in [3.8, 4) is 5.75 Å². The third-order valence-electron chi connectivity index (χ3n) is 4.27. The van der Waals surface area contributed by atoms with Crippen LogP contribution in [0.25, 0.3) is 10.9 Å². The highest BCUT2D eigenvalue weighted by Crippen LogP contribution is 2.16. The highest BCUT2D eigenvalue weighted by atomic mass is 35.5. The molecule has 7 heteroatoms. The van der Waals surface area contributed by atoms with Gasteiger partial charge in [0.1, 0.15) is 5.75 Å². The Morgan fingerprint density at radius 2 is 2.07 bits per heavy atom. The van der Waals surface area contributed by atoms with Crippen LogP contribution < -0.4 is 15.5 Å². The van der Waals surface area contributed by atoms with E-state index in [1.165, 1.54) is 0 Å². The van der Waals surface area contributed by atoms with Crippen LogP contribution in [0.3, 0.4) is 0 Å². The molecular weight excluding hydrogens is 366 g/mol. The number of ether oxygens (including phenoxy) is 1. The lowest BCUT2D eigenvalue weighted by molar-refractivity contribution is 0.0946. The summed E-state index contributed by atoms with van der Waals surface area (Å²) in [6, 6.07) is 12.6. The van der Waals surface area contributed by atoms with Gasteiger partial charge in [0.15, 0.2) is 5.69 Å². The second-order valence-electron chi connectivity index (χ2n) is 6.01. The van der Waals surface area contributed by atoms with Crippen LogP contribution in [0.2, 0.25) is 5.02 Å². The van der Waals surface area contributed by atoms with Crippen LogP contribution in [0.4, 0.5) is 0 Å². The van der Waals surface area contributed by atoms with Crippen molar-refractivity contribution in [2.75, 3.05) is 13.7 Å². The fourth-order valence-corrected chi connectivity index (χ4v) is 3.06. The molecule has 1 aromatic heterocycles. The van der Waals surface area contributed by atoms with Crippen LogP contribution in [0, 0.1) is 0 Å². The molecule has 0 atom stereocenters. The molecule has 0 spiro atoms. The minimum Gasteiger partial charge on any atom is -0.497 e. The Balaban J connectivity index is 1.81. The monoisotopic (exact) mass is 385 g/mol. The molecule has 1 N–H and O–H groups in total. The van der Waals surface area contributed by atoms with Gasteiger partial charge in [-0.3, -0.25) is 14.3 Å². The van der Waals surface area contributed by atoms with E-state index >= 15 is 0 Å². The van der Waals surface area contributed by atoms with Gasteiger partial charge in [-0.1, -0.05) is 23.7 Å². The number of hydrogen-bond donors (Lipinski definition) is 1. The maximum atomic E-state index is 12.7. The minimum absolute atomic E-state index is 0.128. The van der Waals surface area contributed by atoms with Crippen LogP contribution >= 0.6 is 11.6 Å². The number of halogens is 1. The number of nitrogens with one attached hydrogen (secondary N) is 1. The van der Waals surface area contributed by atoms with Gasteiger partial charge >= 0.3 is 0 Å². The fourth-order valence-electron chi connectivity index (χ4n) is 2.88. The Morgan fingerprint density at radius 1 is 1.26 bits per heavy atom. The number of fused-ring (bicyclic) bond motifs is 1. The Hall–Kier alpha value is -2.86. The number of aromatic nitrogens is 2. The number of methoxy groups -OCH3 is 1. The van der Waals surface area contributed by atoms with E-state index < -0.39 is 11.3 Å². The Morgan fingerprint density at radius 3 is 2.81 bits per heavy atom. The lowest BCUT2D eigenvalue weighted by Gasteiger charge is -2.11. The molecule has 140 valence electrons. The molecule has 1 amide bonds. The number of hydrogen-bond acceptors (Lipinski definition) is 4. The van der Waals surface area contributed by atoms with E-state index in [1.807, 2.05) is 31.2 Å². The van der Waals surface area contributed by atoms with Crippen LogP contribution in [-0.2, 0) is 13.0 Å². The van der Waals surface area contributed by atoms with Gasteiger partial charge in [0, 0.05) is 18.1 Å². The summed E-state index contributed by atoms with van der Waals surface area (Å²) < 4.78 is 6.82. The van der Waals surface area contributed by atoms with Gasteiger partial charge in [-0.2, -0.15) is 5.10 Å². The Bertz CT molecular complexity index is 1050. The van der Waals surface area contributed by atoms with Crippen molar-refractivity contribution in [2.45, 2.75) is 19.9 Å². The zero-order chi connectivity index (χ0) is 19.4. The summed E-state index contributed by atoms with van der Waals surface area (Å²) in [6.45, 7) is 2.81. The van der Waals surface area contributed by atoms with Crippen LogP contribution in [0.5, 0.6) is 5.75 Å². The first-order valence-electron chi connectivity index (χ1n) is 8.65. The third kappa shape index (κ3) is 4.11. The number of benzene rings is 2. The van der Waals surface area contributed by atoms with Crippen molar-refractivity contribution in [1.82, 2.24) is 15.1 Å². The maximum Gasteiger partial charge on any atom is 0.275 e. The first-order valence-corrected chi connectivity index (χ1v) is 9.02. The lowest BCUT2D eigenvalue weighted by atomic mass is 10.1. The van der Waals surface area contributed by atoms with Gasteiger partial charge in [0.2, 0.25) is 5.43 Å². The zero-order valence-electron chi connectivity index (χ0n) is 15.2. The molecule has 0 saturated heterocycles. The third-order valence-corrected chi connectivity index (χ3v) is 4.50. The number of amides is 1. The Kier molecular flexibility index (Phi) is 5.76.